The van der Waals surface area contributed by atoms with Gasteiger partial charge in [0.15, 0.2) is 0 Å². The Kier molecular flexibility index (Phi) is 3.19. The lowest BCUT2D eigenvalue weighted by molar-refractivity contribution is -0.116. The Balaban J connectivity index is 2.59. The topological polar surface area (TPSA) is 46.2 Å². The number of Topliss-reactive ketones (excluding diaryl/α,β-unsaturated/α-hetero) is 1. The molecule has 0 aliphatic heterocycles. The smallest absolute Gasteiger partial charge is 0.261 e. The second-order valence-electron chi connectivity index (χ2n) is 2.82. The largest absolute Gasteiger partial charge is 0.344 e. The van der Waals surface area contributed by atoms with Crippen LogP contribution in [0.4, 0.5) is 0 Å². The van der Waals surface area contributed by atoms with Crippen molar-refractivity contribution in [2.24, 2.45) is 0 Å². The van der Waals surface area contributed by atoms with E-state index in [0.29, 0.717) is 4.88 Å². The van der Waals surface area contributed by atoms with Crippen LogP contribution in [0.3, 0.4) is 0 Å². The molecular formula is C9H11NO2S. The third-order valence-corrected chi connectivity index (χ3v) is 2.58. The fraction of sp³-hybridized carbons (Fsp3) is 0.333. The van der Waals surface area contributed by atoms with E-state index in [4.69, 9.17) is 0 Å². The van der Waals surface area contributed by atoms with Gasteiger partial charge in [-0.25, -0.2) is 0 Å². The molecule has 1 aromatic heterocycles. The van der Waals surface area contributed by atoms with Gasteiger partial charge < -0.3 is 5.32 Å². The van der Waals surface area contributed by atoms with Crippen LogP contribution in [0, 0.1) is 6.92 Å². The van der Waals surface area contributed by atoms with Crippen LogP contribution in [-0.4, -0.2) is 18.2 Å². The summed E-state index contributed by atoms with van der Waals surface area (Å²) in [5.74, 6) is -0.203. The first-order valence-electron chi connectivity index (χ1n) is 3.93. The van der Waals surface area contributed by atoms with Gasteiger partial charge in [0.2, 0.25) is 0 Å². The zero-order valence-corrected chi connectivity index (χ0v) is 8.40. The van der Waals surface area contributed by atoms with Crippen LogP contribution in [0.5, 0.6) is 0 Å². The summed E-state index contributed by atoms with van der Waals surface area (Å²) in [5, 5.41) is 4.41. The van der Waals surface area contributed by atoms with Gasteiger partial charge in [-0.15, -0.1) is 11.3 Å². The lowest BCUT2D eigenvalue weighted by Crippen LogP contribution is -2.27. The van der Waals surface area contributed by atoms with Gasteiger partial charge in [-0.3, -0.25) is 9.59 Å². The molecule has 0 saturated carbocycles. The quantitative estimate of drug-likeness (QED) is 0.795. The molecule has 0 aromatic carbocycles. The number of rotatable bonds is 3. The van der Waals surface area contributed by atoms with E-state index >= 15 is 0 Å². The molecule has 13 heavy (non-hydrogen) atoms. The summed E-state index contributed by atoms with van der Waals surface area (Å²) in [6.07, 6.45) is 0. The minimum absolute atomic E-state index is 0.0393. The van der Waals surface area contributed by atoms with Gasteiger partial charge in [0.05, 0.1) is 11.4 Å². The third-order valence-electron chi connectivity index (χ3n) is 1.57. The highest BCUT2D eigenvalue weighted by Gasteiger charge is 2.09. The maximum Gasteiger partial charge on any atom is 0.261 e. The van der Waals surface area contributed by atoms with Crippen LogP contribution >= 0.6 is 11.3 Å². The predicted octanol–water partition coefficient (Wildman–Crippen LogP) is 1.38. The molecule has 0 atom stereocenters. The summed E-state index contributed by atoms with van der Waals surface area (Å²) >= 11 is 1.39. The van der Waals surface area contributed by atoms with Crippen LogP contribution < -0.4 is 5.32 Å². The number of carbonyl (C=O) groups is 2. The van der Waals surface area contributed by atoms with Gasteiger partial charge in [0.1, 0.15) is 5.78 Å². The molecule has 0 spiro atoms. The number of hydrogen-bond acceptors (Lipinski definition) is 3. The Morgan fingerprint density at radius 2 is 2.23 bits per heavy atom. The van der Waals surface area contributed by atoms with Crippen molar-refractivity contribution in [3.05, 3.63) is 21.9 Å². The van der Waals surface area contributed by atoms with E-state index in [2.05, 4.69) is 5.32 Å². The van der Waals surface area contributed by atoms with E-state index in [1.807, 2.05) is 18.4 Å². The zero-order valence-electron chi connectivity index (χ0n) is 7.59. The van der Waals surface area contributed by atoms with Crippen molar-refractivity contribution in [1.29, 1.82) is 0 Å². The predicted molar refractivity (Wildman–Crippen MR) is 52.1 cm³/mol. The van der Waals surface area contributed by atoms with Crippen LogP contribution in [0.15, 0.2) is 11.4 Å². The highest BCUT2D eigenvalue weighted by molar-refractivity contribution is 7.12. The molecule has 0 saturated heterocycles. The monoisotopic (exact) mass is 197 g/mol. The normalized spacial score (nSPS) is 9.69. The van der Waals surface area contributed by atoms with E-state index in [1.165, 1.54) is 18.3 Å². The number of nitrogens with one attached hydrogen (secondary N) is 1. The molecule has 1 N–H and O–H groups in total. The number of thiophene rings is 1. The number of hydrogen-bond donors (Lipinski definition) is 1. The summed E-state index contributed by atoms with van der Waals surface area (Å²) in [7, 11) is 0. The summed E-state index contributed by atoms with van der Waals surface area (Å²) < 4.78 is 0. The van der Waals surface area contributed by atoms with Crippen molar-refractivity contribution in [3.8, 4) is 0 Å². The molecule has 0 aliphatic rings. The Bertz CT molecular complexity index is 330. The highest BCUT2D eigenvalue weighted by atomic mass is 32.1. The third kappa shape index (κ3) is 2.66. The highest BCUT2D eigenvalue weighted by Crippen LogP contribution is 2.14. The second-order valence-corrected chi connectivity index (χ2v) is 3.73. The van der Waals surface area contributed by atoms with Gasteiger partial charge in [-0.05, 0) is 30.9 Å². The van der Waals surface area contributed by atoms with E-state index in [0.717, 1.165) is 5.56 Å². The summed E-state index contributed by atoms with van der Waals surface area (Å²) in [4.78, 5) is 22.7. The standard InChI is InChI=1S/C9H11NO2S/c1-6-3-4-13-8(6)9(12)10-5-7(2)11/h3-4H,5H2,1-2H3,(H,10,12). The SMILES string of the molecule is CC(=O)CNC(=O)c1sccc1C. The van der Waals surface area contributed by atoms with E-state index < -0.39 is 0 Å². The first kappa shape index (κ1) is 9.92. The summed E-state index contributed by atoms with van der Waals surface area (Å²) in [6, 6.07) is 1.88. The Labute approximate surface area is 80.8 Å². The zero-order chi connectivity index (χ0) is 9.84. The van der Waals surface area contributed by atoms with Crippen molar-refractivity contribution in [2.75, 3.05) is 6.54 Å². The van der Waals surface area contributed by atoms with Crippen LogP contribution in [0.2, 0.25) is 0 Å². The molecule has 0 radical (unpaired) electrons. The summed E-state index contributed by atoms with van der Waals surface area (Å²) in [6.45, 7) is 3.43. The Morgan fingerprint density at radius 1 is 1.54 bits per heavy atom. The minimum Gasteiger partial charge on any atom is -0.344 e. The average Bonchev–Trinajstić information content (AvgIpc) is 2.47. The van der Waals surface area contributed by atoms with Gasteiger partial charge in [-0.1, -0.05) is 0 Å². The molecular weight excluding hydrogens is 186 g/mol. The van der Waals surface area contributed by atoms with Crippen molar-refractivity contribution < 1.29 is 9.59 Å². The first-order valence-corrected chi connectivity index (χ1v) is 4.81. The van der Waals surface area contributed by atoms with Crippen LogP contribution in [0.1, 0.15) is 22.2 Å². The molecule has 3 nitrogen and oxygen atoms in total. The molecule has 0 aliphatic carbocycles. The lowest BCUT2D eigenvalue weighted by atomic mass is 10.3. The first-order chi connectivity index (χ1) is 6.11. The maximum absolute atomic E-state index is 11.4. The minimum atomic E-state index is -0.164. The van der Waals surface area contributed by atoms with Crippen molar-refractivity contribution in [1.82, 2.24) is 5.32 Å². The molecule has 0 fully saturated rings. The van der Waals surface area contributed by atoms with E-state index in [1.54, 1.807) is 0 Å². The number of carbonyl (C=O) groups excluding carboxylic acids is 2. The van der Waals surface area contributed by atoms with Crippen molar-refractivity contribution in [3.63, 3.8) is 0 Å². The molecule has 0 unspecified atom stereocenters. The van der Waals surface area contributed by atoms with Crippen LogP contribution in [0.25, 0.3) is 0 Å². The lowest BCUT2D eigenvalue weighted by Gasteiger charge is -2.00. The van der Waals surface area contributed by atoms with Crippen molar-refractivity contribution in [2.45, 2.75) is 13.8 Å². The van der Waals surface area contributed by atoms with Gasteiger partial charge in [0, 0.05) is 0 Å². The Morgan fingerprint density at radius 3 is 2.69 bits per heavy atom. The number of ketones is 1. The molecule has 1 rings (SSSR count). The molecule has 1 heterocycles. The average molecular weight is 197 g/mol. The van der Waals surface area contributed by atoms with Gasteiger partial charge in [0.25, 0.3) is 5.91 Å². The number of amides is 1. The number of aryl methyl sites for hydroxylation is 1. The van der Waals surface area contributed by atoms with Gasteiger partial charge in [-0.2, -0.15) is 0 Å². The fourth-order valence-corrected chi connectivity index (χ4v) is 1.73. The molecule has 1 aromatic rings. The molecule has 70 valence electrons. The fourth-order valence-electron chi connectivity index (χ4n) is 0.890. The molecule has 0 bridgehead atoms. The summed E-state index contributed by atoms with van der Waals surface area (Å²) in [5.41, 5.74) is 0.950. The van der Waals surface area contributed by atoms with E-state index in [9.17, 15) is 9.59 Å². The van der Waals surface area contributed by atoms with Gasteiger partial charge >= 0.3 is 0 Å². The van der Waals surface area contributed by atoms with Crippen molar-refractivity contribution >= 4 is 23.0 Å². The maximum atomic E-state index is 11.4. The van der Waals surface area contributed by atoms with Crippen LogP contribution in [-0.2, 0) is 4.79 Å². The molecule has 1 amide bonds. The van der Waals surface area contributed by atoms with E-state index in [-0.39, 0.29) is 18.2 Å². The molecule has 4 heteroatoms. The second kappa shape index (κ2) is 4.18. The Hall–Kier alpha value is -1.16.